The Balaban J connectivity index is 1.48. The van der Waals surface area contributed by atoms with Gasteiger partial charge in [-0.1, -0.05) is 35.1 Å². The van der Waals surface area contributed by atoms with E-state index in [4.69, 9.17) is 11.6 Å². The number of carbonyl (C=O) groups is 1. The Morgan fingerprint density at radius 3 is 2.77 bits per heavy atom. The number of piperidine rings is 1. The smallest absolute Gasteiger partial charge is 0.286 e. The van der Waals surface area contributed by atoms with Gasteiger partial charge >= 0.3 is 0 Å². The molecular weight excluding hydrogens is 463 g/mol. The molecule has 0 saturated carbocycles. The van der Waals surface area contributed by atoms with Crippen molar-refractivity contribution in [3.63, 3.8) is 0 Å². The number of amides is 1. The van der Waals surface area contributed by atoms with Gasteiger partial charge in [-0.25, -0.2) is 12.8 Å². The summed E-state index contributed by atoms with van der Waals surface area (Å²) >= 11 is 7.07. The lowest BCUT2D eigenvalue weighted by molar-refractivity contribution is 0.102. The molecule has 1 amide bonds. The SMILES string of the molecule is O=C(Nc1cccc(Cl)c1)c1nnc(C2CCCN(S(=O)(=O)c3cccc(F)c3)C2)s1. The first kappa shape index (κ1) is 21.8. The summed E-state index contributed by atoms with van der Waals surface area (Å²) in [4.78, 5) is 12.4. The second-order valence-corrected chi connectivity index (χ2v) is 10.5. The van der Waals surface area contributed by atoms with Gasteiger partial charge in [0.1, 0.15) is 10.8 Å². The fraction of sp³-hybridized carbons (Fsp3) is 0.250. The van der Waals surface area contributed by atoms with Gasteiger partial charge in [0.2, 0.25) is 15.0 Å². The zero-order valence-corrected chi connectivity index (χ0v) is 18.6. The number of aromatic nitrogens is 2. The van der Waals surface area contributed by atoms with Crippen LogP contribution in [0.4, 0.5) is 10.1 Å². The van der Waals surface area contributed by atoms with E-state index in [1.54, 1.807) is 24.3 Å². The molecule has 1 saturated heterocycles. The fourth-order valence-electron chi connectivity index (χ4n) is 3.38. The summed E-state index contributed by atoms with van der Waals surface area (Å²) in [7, 11) is -3.82. The van der Waals surface area contributed by atoms with E-state index in [0.717, 1.165) is 23.8 Å². The highest BCUT2D eigenvalue weighted by Crippen LogP contribution is 2.32. The lowest BCUT2D eigenvalue weighted by Crippen LogP contribution is -2.39. The van der Waals surface area contributed by atoms with E-state index in [9.17, 15) is 17.6 Å². The van der Waals surface area contributed by atoms with Gasteiger partial charge in [-0.3, -0.25) is 4.79 Å². The first-order chi connectivity index (χ1) is 14.8. The van der Waals surface area contributed by atoms with Crippen molar-refractivity contribution >= 4 is 44.6 Å². The van der Waals surface area contributed by atoms with E-state index >= 15 is 0 Å². The molecule has 3 aromatic rings. The van der Waals surface area contributed by atoms with Crippen LogP contribution in [0.15, 0.2) is 53.4 Å². The van der Waals surface area contributed by atoms with Gasteiger partial charge in [0.15, 0.2) is 0 Å². The summed E-state index contributed by atoms with van der Waals surface area (Å²) in [5.74, 6) is -1.21. The molecule has 0 aliphatic carbocycles. The predicted octanol–water partition coefficient (Wildman–Crippen LogP) is 4.15. The first-order valence-corrected chi connectivity index (χ1v) is 12.1. The molecule has 0 bridgehead atoms. The van der Waals surface area contributed by atoms with Crippen LogP contribution < -0.4 is 5.32 Å². The van der Waals surface area contributed by atoms with Crippen molar-refractivity contribution in [3.05, 3.63) is 69.4 Å². The standard InChI is InChI=1S/C20H18ClFN4O3S2/c21-14-5-1-7-16(10-14)23-18(27)20-25-24-19(30-20)13-4-3-9-26(12-13)31(28,29)17-8-2-6-15(22)11-17/h1-2,5-8,10-11,13H,3-4,9,12H2,(H,23,27). The molecule has 1 aromatic heterocycles. The summed E-state index contributed by atoms with van der Waals surface area (Å²) in [5.41, 5.74) is 0.541. The number of hydrogen-bond donors (Lipinski definition) is 1. The molecule has 2 heterocycles. The Morgan fingerprint density at radius 2 is 2.00 bits per heavy atom. The van der Waals surface area contributed by atoms with Crippen molar-refractivity contribution in [2.75, 3.05) is 18.4 Å². The second-order valence-electron chi connectivity index (χ2n) is 7.07. The molecule has 162 valence electrons. The van der Waals surface area contributed by atoms with Crippen molar-refractivity contribution in [2.45, 2.75) is 23.7 Å². The van der Waals surface area contributed by atoms with E-state index in [2.05, 4.69) is 15.5 Å². The van der Waals surface area contributed by atoms with E-state index in [1.807, 2.05) is 0 Å². The third-order valence-corrected chi connectivity index (χ3v) is 8.07. The average Bonchev–Trinajstić information content (AvgIpc) is 3.24. The van der Waals surface area contributed by atoms with Crippen LogP contribution in [0.1, 0.15) is 33.6 Å². The summed E-state index contributed by atoms with van der Waals surface area (Å²) in [6.07, 6.45) is 1.35. The van der Waals surface area contributed by atoms with Crippen LogP contribution >= 0.6 is 22.9 Å². The molecule has 2 aromatic carbocycles. The third kappa shape index (κ3) is 4.93. The Morgan fingerprint density at radius 1 is 1.19 bits per heavy atom. The third-order valence-electron chi connectivity index (χ3n) is 4.88. The van der Waals surface area contributed by atoms with Crippen LogP contribution in [0, 0.1) is 5.82 Å². The molecule has 4 rings (SSSR count). The maximum atomic E-state index is 13.5. The number of nitrogens with zero attached hydrogens (tertiary/aromatic N) is 3. The minimum absolute atomic E-state index is 0.0768. The monoisotopic (exact) mass is 480 g/mol. The predicted molar refractivity (Wildman–Crippen MR) is 116 cm³/mol. The molecule has 7 nitrogen and oxygen atoms in total. The quantitative estimate of drug-likeness (QED) is 0.592. The number of nitrogens with one attached hydrogen (secondary N) is 1. The van der Waals surface area contributed by atoms with Gasteiger partial charge < -0.3 is 5.32 Å². The summed E-state index contributed by atoms with van der Waals surface area (Å²) in [6.45, 7) is 0.541. The Labute approximate surface area is 187 Å². The largest absolute Gasteiger partial charge is 0.320 e. The average molecular weight is 481 g/mol. The molecule has 0 radical (unpaired) electrons. The lowest BCUT2D eigenvalue weighted by atomic mass is 10.0. The van der Waals surface area contributed by atoms with Gasteiger partial charge in [-0.2, -0.15) is 4.31 Å². The number of sulfonamides is 1. The summed E-state index contributed by atoms with van der Waals surface area (Å²) in [5, 5.41) is 12.1. The zero-order chi connectivity index (χ0) is 22.0. The maximum Gasteiger partial charge on any atom is 0.286 e. The molecule has 1 atom stereocenters. The Bertz CT molecular complexity index is 1220. The van der Waals surface area contributed by atoms with Crippen molar-refractivity contribution in [1.82, 2.24) is 14.5 Å². The highest BCUT2D eigenvalue weighted by molar-refractivity contribution is 7.89. The van der Waals surface area contributed by atoms with Crippen LogP contribution in [-0.4, -0.2) is 41.9 Å². The van der Waals surface area contributed by atoms with Crippen LogP contribution in [0.2, 0.25) is 5.02 Å². The topological polar surface area (TPSA) is 92.3 Å². The molecular formula is C20H18ClFN4O3S2. The normalized spacial score (nSPS) is 17.4. The molecule has 31 heavy (non-hydrogen) atoms. The number of rotatable bonds is 5. The number of benzene rings is 2. The molecule has 1 aliphatic rings. The number of hydrogen-bond acceptors (Lipinski definition) is 6. The molecule has 1 fully saturated rings. The number of anilines is 1. The van der Waals surface area contributed by atoms with Gasteiger partial charge in [0.25, 0.3) is 5.91 Å². The molecule has 11 heteroatoms. The second kappa shape index (κ2) is 8.99. The van der Waals surface area contributed by atoms with Crippen LogP contribution in [0.25, 0.3) is 0 Å². The van der Waals surface area contributed by atoms with E-state index < -0.39 is 21.7 Å². The van der Waals surface area contributed by atoms with Gasteiger partial charge in [-0.05, 0) is 49.2 Å². The van der Waals surface area contributed by atoms with Crippen LogP contribution in [0.3, 0.4) is 0 Å². The number of carbonyl (C=O) groups excluding carboxylic acids is 1. The van der Waals surface area contributed by atoms with Gasteiger partial charge in [0.05, 0.1) is 4.90 Å². The van der Waals surface area contributed by atoms with Crippen molar-refractivity contribution in [2.24, 2.45) is 0 Å². The van der Waals surface area contributed by atoms with Crippen molar-refractivity contribution in [1.29, 1.82) is 0 Å². The van der Waals surface area contributed by atoms with Gasteiger partial charge in [-0.15, -0.1) is 10.2 Å². The zero-order valence-electron chi connectivity index (χ0n) is 16.2. The van der Waals surface area contributed by atoms with Crippen molar-refractivity contribution < 1.29 is 17.6 Å². The lowest BCUT2D eigenvalue weighted by Gasteiger charge is -2.30. The summed E-state index contributed by atoms with van der Waals surface area (Å²) in [6, 6.07) is 11.7. The van der Waals surface area contributed by atoms with E-state index in [-0.39, 0.29) is 22.4 Å². The van der Waals surface area contributed by atoms with Crippen molar-refractivity contribution in [3.8, 4) is 0 Å². The Hall–Kier alpha value is -2.40. The van der Waals surface area contributed by atoms with Gasteiger partial charge in [0, 0.05) is 29.7 Å². The Kier molecular flexibility index (Phi) is 6.33. The highest BCUT2D eigenvalue weighted by atomic mass is 35.5. The molecule has 0 spiro atoms. The minimum atomic E-state index is -3.82. The summed E-state index contributed by atoms with van der Waals surface area (Å²) < 4.78 is 40.7. The maximum absolute atomic E-state index is 13.5. The molecule has 1 N–H and O–H groups in total. The van der Waals surface area contributed by atoms with E-state index in [0.29, 0.717) is 28.7 Å². The first-order valence-electron chi connectivity index (χ1n) is 9.49. The highest BCUT2D eigenvalue weighted by Gasteiger charge is 2.33. The molecule has 1 aliphatic heterocycles. The number of halogens is 2. The molecule has 1 unspecified atom stereocenters. The van der Waals surface area contributed by atoms with E-state index in [1.165, 1.54) is 22.5 Å². The van der Waals surface area contributed by atoms with Crippen LogP contribution in [-0.2, 0) is 10.0 Å². The van der Waals surface area contributed by atoms with Crippen LogP contribution in [0.5, 0.6) is 0 Å². The fourth-order valence-corrected chi connectivity index (χ4v) is 5.99. The minimum Gasteiger partial charge on any atom is -0.320 e.